The highest BCUT2D eigenvalue weighted by Crippen LogP contribution is 2.12. The van der Waals surface area contributed by atoms with Gasteiger partial charge in [-0.15, -0.1) is 0 Å². The Hall–Kier alpha value is -1.84. The van der Waals surface area contributed by atoms with E-state index >= 15 is 0 Å². The molecule has 0 saturated carbocycles. The number of nitrogens with one attached hydrogen (secondary N) is 1. The molecule has 4 heteroatoms. The highest BCUT2D eigenvalue weighted by Gasteiger charge is 2.23. The van der Waals surface area contributed by atoms with E-state index in [-0.39, 0.29) is 17.4 Å². The number of benzene rings is 1. The molecule has 0 aliphatic heterocycles. The van der Waals surface area contributed by atoms with Crippen LogP contribution in [0.3, 0.4) is 0 Å². The molecule has 0 aliphatic rings. The van der Waals surface area contributed by atoms with Crippen LogP contribution in [0, 0.1) is 6.92 Å². The third-order valence-corrected chi connectivity index (χ3v) is 3.46. The van der Waals surface area contributed by atoms with Crippen molar-refractivity contribution in [1.82, 2.24) is 10.2 Å². The van der Waals surface area contributed by atoms with E-state index < -0.39 is 0 Å². The first-order valence-electron chi connectivity index (χ1n) is 7.31. The zero-order valence-electron chi connectivity index (χ0n) is 13.7. The zero-order chi connectivity index (χ0) is 16.0. The van der Waals surface area contributed by atoms with Crippen LogP contribution in [0.1, 0.15) is 38.8 Å². The Labute approximate surface area is 127 Å². The summed E-state index contributed by atoms with van der Waals surface area (Å²) in [7, 11) is 0. The van der Waals surface area contributed by atoms with E-state index in [1.165, 1.54) is 0 Å². The second-order valence-corrected chi connectivity index (χ2v) is 6.29. The van der Waals surface area contributed by atoms with Crippen LogP contribution in [-0.2, 0) is 16.0 Å². The highest BCUT2D eigenvalue weighted by molar-refractivity contribution is 5.79. The molecule has 116 valence electrons. The summed E-state index contributed by atoms with van der Waals surface area (Å²) in [5, 5.41) is 2.88. The maximum atomic E-state index is 12.0. The molecule has 1 N–H and O–H groups in total. The summed E-state index contributed by atoms with van der Waals surface area (Å²) >= 11 is 0. The molecule has 1 aromatic rings. The van der Waals surface area contributed by atoms with Gasteiger partial charge in [-0.3, -0.25) is 9.59 Å². The van der Waals surface area contributed by atoms with E-state index in [9.17, 15) is 9.59 Å². The summed E-state index contributed by atoms with van der Waals surface area (Å²) in [5.41, 5.74) is 1.92. The van der Waals surface area contributed by atoms with Gasteiger partial charge in [0.1, 0.15) is 0 Å². The standard InChI is InChI=1S/C17H26N2O2/c1-13-8-6-7-9-15(13)12-16(21)18-10-11-19(14(2)20)17(3,4)5/h6-9H,10-12H2,1-5H3,(H,18,21). The lowest BCUT2D eigenvalue weighted by Gasteiger charge is -2.35. The van der Waals surface area contributed by atoms with Crippen molar-refractivity contribution in [1.29, 1.82) is 0 Å². The summed E-state index contributed by atoms with van der Waals surface area (Å²) in [5.74, 6) is 0.0114. The van der Waals surface area contributed by atoms with Crippen molar-refractivity contribution < 1.29 is 9.59 Å². The van der Waals surface area contributed by atoms with Crippen LogP contribution >= 0.6 is 0 Å². The monoisotopic (exact) mass is 290 g/mol. The van der Waals surface area contributed by atoms with E-state index in [1.54, 1.807) is 11.8 Å². The molecular formula is C17H26N2O2. The molecule has 0 heterocycles. The molecule has 21 heavy (non-hydrogen) atoms. The zero-order valence-corrected chi connectivity index (χ0v) is 13.7. The SMILES string of the molecule is CC(=O)N(CCNC(=O)Cc1ccccc1C)C(C)(C)C. The van der Waals surface area contributed by atoms with Gasteiger partial charge in [0, 0.05) is 25.6 Å². The molecular weight excluding hydrogens is 264 g/mol. The Bertz CT molecular complexity index is 504. The lowest BCUT2D eigenvalue weighted by molar-refractivity contribution is -0.134. The molecule has 2 amide bonds. The van der Waals surface area contributed by atoms with Crippen molar-refractivity contribution in [3.63, 3.8) is 0 Å². The van der Waals surface area contributed by atoms with Crippen LogP contribution in [0.4, 0.5) is 0 Å². The average molecular weight is 290 g/mol. The Balaban J connectivity index is 2.47. The highest BCUT2D eigenvalue weighted by atomic mass is 16.2. The molecule has 0 saturated heterocycles. The minimum absolute atomic E-state index is 0.0123. The quantitative estimate of drug-likeness (QED) is 0.904. The molecule has 0 bridgehead atoms. The fourth-order valence-electron chi connectivity index (χ4n) is 2.32. The number of aryl methyl sites for hydroxylation is 1. The molecule has 0 radical (unpaired) electrons. The molecule has 0 unspecified atom stereocenters. The van der Waals surface area contributed by atoms with Gasteiger partial charge in [0.15, 0.2) is 0 Å². The van der Waals surface area contributed by atoms with Crippen molar-refractivity contribution in [2.24, 2.45) is 0 Å². The van der Waals surface area contributed by atoms with Crippen LogP contribution in [0.2, 0.25) is 0 Å². The number of hydrogen-bond acceptors (Lipinski definition) is 2. The van der Waals surface area contributed by atoms with Crippen LogP contribution in [-0.4, -0.2) is 35.3 Å². The third kappa shape index (κ3) is 5.58. The van der Waals surface area contributed by atoms with Gasteiger partial charge in [-0.25, -0.2) is 0 Å². The minimum atomic E-state index is -0.230. The van der Waals surface area contributed by atoms with Gasteiger partial charge in [0.05, 0.1) is 6.42 Å². The van der Waals surface area contributed by atoms with Crippen molar-refractivity contribution in [2.75, 3.05) is 13.1 Å². The number of carbonyl (C=O) groups is 2. The second-order valence-electron chi connectivity index (χ2n) is 6.29. The number of carbonyl (C=O) groups excluding carboxylic acids is 2. The predicted octanol–water partition coefficient (Wildman–Crippen LogP) is 2.30. The Morgan fingerprint density at radius 1 is 1.19 bits per heavy atom. The molecule has 0 atom stereocenters. The third-order valence-electron chi connectivity index (χ3n) is 3.46. The normalized spacial score (nSPS) is 11.1. The largest absolute Gasteiger partial charge is 0.354 e. The molecule has 0 spiro atoms. The van der Waals surface area contributed by atoms with Crippen molar-refractivity contribution in [3.8, 4) is 0 Å². The molecule has 0 aliphatic carbocycles. The number of amides is 2. The van der Waals surface area contributed by atoms with E-state index in [0.717, 1.165) is 11.1 Å². The average Bonchev–Trinajstić information content (AvgIpc) is 2.35. The molecule has 4 nitrogen and oxygen atoms in total. The number of nitrogens with zero attached hydrogens (tertiary/aromatic N) is 1. The fourth-order valence-corrected chi connectivity index (χ4v) is 2.32. The molecule has 0 aromatic heterocycles. The number of hydrogen-bond donors (Lipinski definition) is 1. The summed E-state index contributed by atoms with van der Waals surface area (Å²) < 4.78 is 0. The van der Waals surface area contributed by atoms with Crippen LogP contribution in [0.5, 0.6) is 0 Å². The first-order valence-corrected chi connectivity index (χ1v) is 7.31. The summed E-state index contributed by atoms with van der Waals surface area (Å²) in [6.45, 7) is 10.5. The Morgan fingerprint density at radius 2 is 1.81 bits per heavy atom. The van der Waals surface area contributed by atoms with Gasteiger partial charge < -0.3 is 10.2 Å². The maximum Gasteiger partial charge on any atom is 0.224 e. The van der Waals surface area contributed by atoms with E-state index in [2.05, 4.69) is 5.32 Å². The smallest absolute Gasteiger partial charge is 0.224 e. The van der Waals surface area contributed by atoms with Crippen LogP contribution < -0.4 is 5.32 Å². The maximum absolute atomic E-state index is 12.0. The van der Waals surface area contributed by atoms with Crippen molar-refractivity contribution in [2.45, 2.75) is 46.6 Å². The van der Waals surface area contributed by atoms with E-state index in [0.29, 0.717) is 19.5 Å². The van der Waals surface area contributed by atoms with E-state index in [4.69, 9.17) is 0 Å². The summed E-state index contributed by atoms with van der Waals surface area (Å²) in [4.78, 5) is 25.3. The fraction of sp³-hybridized carbons (Fsp3) is 0.529. The summed E-state index contributed by atoms with van der Waals surface area (Å²) in [6, 6.07) is 7.86. The summed E-state index contributed by atoms with van der Waals surface area (Å²) in [6.07, 6.45) is 0.377. The second kappa shape index (κ2) is 7.25. The lowest BCUT2D eigenvalue weighted by Crippen LogP contribution is -2.48. The van der Waals surface area contributed by atoms with Gasteiger partial charge in [0.2, 0.25) is 11.8 Å². The van der Waals surface area contributed by atoms with Crippen molar-refractivity contribution >= 4 is 11.8 Å². The number of rotatable bonds is 5. The predicted molar refractivity (Wildman–Crippen MR) is 85.0 cm³/mol. The lowest BCUT2D eigenvalue weighted by atomic mass is 10.1. The molecule has 1 aromatic carbocycles. The van der Waals surface area contributed by atoms with Gasteiger partial charge in [-0.2, -0.15) is 0 Å². The van der Waals surface area contributed by atoms with Crippen LogP contribution in [0.25, 0.3) is 0 Å². The Morgan fingerprint density at radius 3 is 2.33 bits per heavy atom. The van der Waals surface area contributed by atoms with Gasteiger partial charge in [-0.1, -0.05) is 24.3 Å². The van der Waals surface area contributed by atoms with Gasteiger partial charge in [0.25, 0.3) is 0 Å². The van der Waals surface area contributed by atoms with Crippen LogP contribution in [0.15, 0.2) is 24.3 Å². The van der Waals surface area contributed by atoms with E-state index in [1.807, 2.05) is 52.0 Å². The topological polar surface area (TPSA) is 49.4 Å². The van der Waals surface area contributed by atoms with Gasteiger partial charge in [-0.05, 0) is 38.8 Å². The molecule has 1 rings (SSSR count). The first-order chi connectivity index (χ1) is 9.71. The Kier molecular flexibility index (Phi) is 5.94. The first kappa shape index (κ1) is 17.2. The van der Waals surface area contributed by atoms with Crippen molar-refractivity contribution in [3.05, 3.63) is 35.4 Å². The molecule has 0 fully saturated rings. The minimum Gasteiger partial charge on any atom is -0.354 e. The van der Waals surface area contributed by atoms with Gasteiger partial charge >= 0.3 is 0 Å².